The zero-order valence-electron chi connectivity index (χ0n) is 30.5. The third-order valence-electron chi connectivity index (χ3n) is 8.77. The van der Waals surface area contributed by atoms with Crippen molar-refractivity contribution in [3.05, 3.63) is 53.1 Å². The maximum Gasteiger partial charge on any atom is 0.151 e. The van der Waals surface area contributed by atoms with Crippen LogP contribution in [-0.4, -0.2) is 132 Å². The molecule has 3 aromatic rings. The highest BCUT2D eigenvalue weighted by Crippen LogP contribution is 2.38. The largest absolute Gasteiger partial charge is 0.379 e. The van der Waals surface area contributed by atoms with Gasteiger partial charge >= 0.3 is 0 Å². The molecule has 4 rings (SSSR count). The standard InChI is InChI=1S/C25H32ClN5O3S.C12H20O5/c1-4-35(33,34)14-13-31-22-6-5-19(26)15-21(22)28-24(31)17-30(3)23-16-27-10-7-20(23)25(18-32)8-11-29(2)12-9-25;1-2-5-14-7-9-16-11-12-17-10-8-15-6-3-4-13/h5-7,10,15-16,18H,4,8-9,11-14,17H2,1-3H3;1,4H,3,5-12H2. The highest BCUT2D eigenvalue weighted by Gasteiger charge is 2.37. The van der Waals surface area contributed by atoms with E-state index < -0.39 is 15.3 Å². The van der Waals surface area contributed by atoms with Gasteiger partial charge in [-0.05, 0) is 62.8 Å². The lowest BCUT2D eigenvalue weighted by Crippen LogP contribution is -2.42. The fourth-order valence-corrected chi connectivity index (χ4v) is 6.61. The number of hydrogen-bond donors (Lipinski definition) is 0. The van der Waals surface area contributed by atoms with Crippen molar-refractivity contribution in [2.75, 3.05) is 96.4 Å². The number of nitrogens with zero attached hydrogens (tertiary/aromatic N) is 5. The van der Waals surface area contributed by atoms with Crippen molar-refractivity contribution in [2.24, 2.45) is 0 Å². The number of piperidine rings is 1. The molecule has 0 radical (unpaired) electrons. The molecular formula is C37H52ClN5O8S. The number of carbonyl (C=O) groups is 2. The number of imidazole rings is 1. The van der Waals surface area contributed by atoms with Crippen LogP contribution in [0.4, 0.5) is 5.69 Å². The van der Waals surface area contributed by atoms with Crippen LogP contribution in [0.5, 0.6) is 0 Å². The molecule has 3 heterocycles. The van der Waals surface area contributed by atoms with Crippen LogP contribution in [0.1, 0.15) is 37.6 Å². The first-order valence-electron chi connectivity index (χ1n) is 17.4. The normalized spacial score (nSPS) is 14.4. The molecule has 2 aromatic heterocycles. The van der Waals surface area contributed by atoms with E-state index in [4.69, 9.17) is 42.0 Å². The van der Waals surface area contributed by atoms with Crippen molar-refractivity contribution in [3.8, 4) is 12.3 Å². The van der Waals surface area contributed by atoms with Crippen LogP contribution in [-0.2, 0) is 56.9 Å². The lowest BCUT2D eigenvalue weighted by Gasteiger charge is -2.39. The smallest absolute Gasteiger partial charge is 0.151 e. The minimum Gasteiger partial charge on any atom is -0.379 e. The Hall–Kier alpha value is -3.42. The number of hydrogen-bond acceptors (Lipinski definition) is 12. The summed E-state index contributed by atoms with van der Waals surface area (Å²) in [5.41, 5.74) is 2.86. The molecule has 0 atom stereocenters. The number of carbonyl (C=O) groups excluding carboxylic acids is 2. The molecule has 1 aliphatic rings. The van der Waals surface area contributed by atoms with Gasteiger partial charge in [0.1, 0.15) is 25.0 Å². The number of aromatic nitrogens is 3. The van der Waals surface area contributed by atoms with E-state index in [0.717, 1.165) is 66.6 Å². The fraction of sp³-hybridized carbons (Fsp3) is 0.568. The Morgan fingerprint density at radius 2 is 1.67 bits per heavy atom. The predicted octanol–water partition coefficient (Wildman–Crippen LogP) is 3.59. The van der Waals surface area contributed by atoms with E-state index in [1.807, 2.05) is 28.6 Å². The molecule has 1 aromatic carbocycles. The second-order valence-corrected chi connectivity index (χ2v) is 15.3. The summed E-state index contributed by atoms with van der Waals surface area (Å²) in [5, 5.41) is 0.577. The van der Waals surface area contributed by atoms with E-state index in [2.05, 4.69) is 22.9 Å². The molecule has 13 nitrogen and oxygen atoms in total. The first-order chi connectivity index (χ1) is 25.1. The molecule has 286 valence electrons. The van der Waals surface area contributed by atoms with Gasteiger partial charge < -0.3 is 42.9 Å². The first kappa shape index (κ1) is 43.0. The van der Waals surface area contributed by atoms with Gasteiger partial charge in [0.15, 0.2) is 9.84 Å². The van der Waals surface area contributed by atoms with Crippen molar-refractivity contribution in [2.45, 2.75) is 44.7 Å². The van der Waals surface area contributed by atoms with Gasteiger partial charge in [-0.1, -0.05) is 24.4 Å². The maximum atomic E-state index is 12.4. The Labute approximate surface area is 312 Å². The number of sulfone groups is 1. The number of halogens is 1. The fourth-order valence-electron chi connectivity index (χ4n) is 5.70. The lowest BCUT2D eigenvalue weighted by atomic mass is 9.73. The summed E-state index contributed by atoms with van der Waals surface area (Å²) in [4.78, 5) is 35.8. The average molecular weight is 762 g/mol. The SMILES string of the molecule is C#CCOCCOCCOCCOCCC=O.CCS(=O)(=O)CCn1c(CN(C)c2cnccc2C2(C=O)CCN(C)CC2)nc2cc(Cl)ccc21. The Morgan fingerprint density at radius 3 is 2.29 bits per heavy atom. The lowest BCUT2D eigenvalue weighted by molar-refractivity contribution is -0.114. The summed E-state index contributed by atoms with van der Waals surface area (Å²) in [6.45, 7) is 7.93. The van der Waals surface area contributed by atoms with Crippen molar-refractivity contribution in [1.29, 1.82) is 0 Å². The zero-order valence-corrected chi connectivity index (χ0v) is 32.1. The van der Waals surface area contributed by atoms with Gasteiger partial charge in [0, 0.05) is 37.0 Å². The molecule has 0 N–H and O–H groups in total. The second-order valence-electron chi connectivity index (χ2n) is 12.4. The van der Waals surface area contributed by atoms with Gasteiger partial charge in [-0.2, -0.15) is 0 Å². The molecule has 0 spiro atoms. The van der Waals surface area contributed by atoms with Gasteiger partial charge in [-0.3, -0.25) is 4.98 Å². The van der Waals surface area contributed by atoms with Crippen LogP contribution in [0.15, 0.2) is 36.7 Å². The van der Waals surface area contributed by atoms with Gasteiger partial charge in [-0.25, -0.2) is 13.4 Å². The Balaban J connectivity index is 0.000000363. The van der Waals surface area contributed by atoms with Crippen LogP contribution >= 0.6 is 11.6 Å². The number of terminal acetylenes is 1. The van der Waals surface area contributed by atoms with E-state index in [-0.39, 0.29) is 11.5 Å². The highest BCUT2D eigenvalue weighted by atomic mass is 35.5. The highest BCUT2D eigenvalue weighted by molar-refractivity contribution is 7.91. The average Bonchev–Trinajstić information content (AvgIpc) is 3.49. The summed E-state index contributed by atoms with van der Waals surface area (Å²) in [7, 11) is 0.877. The molecule has 1 fully saturated rings. The van der Waals surface area contributed by atoms with Gasteiger partial charge in [0.05, 0.1) is 86.9 Å². The minimum atomic E-state index is -3.15. The van der Waals surface area contributed by atoms with E-state index in [1.165, 1.54) is 0 Å². The number of anilines is 1. The van der Waals surface area contributed by atoms with Crippen LogP contribution in [0.25, 0.3) is 11.0 Å². The van der Waals surface area contributed by atoms with Crippen LogP contribution in [0.2, 0.25) is 5.02 Å². The number of fused-ring (bicyclic) bond motifs is 1. The first-order valence-corrected chi connectivity index (χ1v) is 19.6. The van der Waals surface area contributed by atoms with Crippen molar-refractivity contribution in [3.63, 3.8) is 0 Å². The molecule has 15 heteroatoms. The Morgan fingerprint density at radius 1 is 1.02 bits per heavy atom. The molecule has 1 saturated heterocycles. The van der Waals surface area contributed by atoms with Gasteiger partial charge in [0.25, 0.3) is 0 Å². The third kappa shape index (κ3) is 13.5. The maximum absolute atomic E-state index is 12.4. The van der Waals surface area contributed by atoms with Gasteiger partial charge in [-0.15, -0.1) is 6.42 Å². The molecule has 1 aliphatic heterocycles. The van der Waals surface area contributed by atoms with Crippen molar-refractivity contribution >= 4 is 50.7 Å². The number of pyridine rings is 1. The number of rotatable bonds is 22. The van der Waals surface area contributed by atoms with Crippen LogP contribution < -0.4 is 4.90 Å². The Kier molecular flexibility index (Phi) is 18.7. The molecule has 0 aliphatic carbocycles. The van der Waals surface area contributed by atoms with Crippen molar-refractivity contribution in [1.82, 2.24) is 19.4 Å². The summed E-state index contributed by atoms with van der Waals surface area (Å²) in [5.74, 6) is 3.24. The molecule has 0 unspecified atom stereocenters. The molecule has 52 heavy (non-hydrogen) atoms. The Bertz CT molecular complexity index is 1690. The molecular weight excluding hydrogens is 710 g/mol. The summed E-state index contributed by atoms with van der Waals surface area (Å²) < 4.78 is 47.0. The van der Waals surface area contributed by atoms with E-state index in [0.29, 0.717) is 77.4 Å². The number of aldehydes is 2. The van der Waals surface area contributed by atoms with E-state index in [1.54, 1.807) is 31.5 Å². The minimum absolute atomic E-state index is 0.0359. The van der Waals surface area contributed by atoms with E-state index >= 15 is 0 Å². The molecule has 0 amide bonds. The quantitative estimate of drug-likeness (QED) is 0.0839. The number of aryl methyl sites for hydroxylation is 1. The topological polar surface area (TPSA) is 142 Å². The van der Waals surface area contributed by atoms with Crippen LogP contribution in [0.3, 0.4) is 0 Å². The van der Waals surface area contributed by atoms with E-state index in [9.17, 15) is 18.0 Å². The molecule has 0 saturated carbocycles. The van der Waals surface area contributed by atoms with Crippen molar-refractivity contribution < 1.29 is 37.0 Å². The molecule has 0 bridgehead atoms. The number of ether oxygens (including phenoxy) is 4. The second kappa shape index (κ2) is 22.6. The summed E-state index contributed by atoms with van der Waals surface area (Å²) >= 11 is 6.20. The third-order valence-corrected chi connectivity index (χ3v) is 10.7. The van der Waals surface area contributed by atoms with Crippen LogP contribution in [0, 0.1) is 12.3 Å². The predicted molar refractivity (Wildman–Crippen MR) is 203 cm³/mol. The monoisotopic (exact) mass is 761 g/mol. The number of benzene rings is 1. The summed E-state index contributed by atoms with van der Waals surface area (Å²) in [6, 6.07) is 7.40. The zero-order chi connectivity index (χ0) is 37.8. The summed E-state index contributed by atoms with van der Waals surface area (Å²) in [6.07, 6.45) is 12.4. The van der Waals surface area contributed by atoms with Gasteiger partial charge in [0.2, 0.25) is 0 Å². The number of likely N-dealkylation sites (tertiary alicyclic amines) is 1.